The Bertz CT molecular complexity index is 460. The Balaban J connectivity index is 2.21. The van der Waals surface area contributed by atoms with Crippen molar-refractivity contribution in [2.45, 2.75) is 20.3 Å². The van der Waals surface area contributed by atoms with Gasteiger partial charge in [0.2, 0.25) is 11.7 Å². The van der Waals surface area contributed by atoms with Crippen molar-refractivity contribution in [3.05, 3.63) is 30.2 Å². The molecule has 0 bridgehead atoms. The second kappa shape index (κ2) is 4.35. The first-order valence-electron chi connectivity index (χ1n) is 5.27. The van der Waals surface area contributed by atoms with Gasteiger partial charge in [-0.1, -0.05) is 19.0 Å². The van der Waals surface area contributed by atoms with Crippen molar-refractivity contribution in [3.63, 3.8) is 0 Å². The van der Waals surface area contributed by atoms with E-state index in [1.165, 1.54) is 0 Å². The molecule has 0 aliphatic rings. The average Bonchev–Trinajstić information content (AvgIpc) is 2.66. The summed E-state index contributed by atoms with van der Waals surface area (Å²) < 4.78 is 5.14. The molecule has 0 atom stereocenters. The SMILES string of the molecule is CC(C)Cc1nc(-c2ccc(O)cc2)no1. The number of aromatic nitrogens is 2. The lowest BCUT2D eigenvalue weighted by Gasteiger charge is -1.96. The maximum atomic E-state index is 9.16. The Morgan fingerprint density at radius 2 is 1.94 bits per heavy atom. The van der Waals surface area contributed by atoms with Gasteiger partial charge in [0.05, 0.1) is 0 Å². The third kappa shape index (κ3) is 2.39. The number of benzene rings is 1. The third-order valence-electron chi connectivity index (χ3n) is 2.18. The second-order valence-electron chi connectivity index (χ2n) is 4.16. The number of hydrogen-bond acceptors (Lipinski definition) is 4. The van der Waals surface area contributed by atoms with E-state index in [0.29, 0.717) is 17.6 Å². The van der Waals surface area contributed by atoms with Crippen molar-refractivity contribution in [2.75, 3.05) is 0 Å². The smallest absolute Gasteiger partial charge is 0.227 e. The van der Waals surface area contributed by atoms with Gasteiger partial charge in [0.1, 0.15) is 5.75 Å². The number of aromatic hydroxyl groups is 1. The van der Waals surface area contributed by atoms with Crippen LogP contribution >= 0.6 is 0 Å². The first kappa shape index (κ1) is 10.7. The van der Waals surface area contributed by atoms with E-state index in [0.717, 1.165) is 12.0 Å². The van der Waals surface area contributed by atoms with E-state index in [9.17, 15) is 0 Å². The van der Waals surface area contributed by atoms with Gasteiger partial charge < -0.3 is 9.63 Å². The summed E-state index contributed by atoms with van der Waals surface area (Å²) in [6, 6.07) is 6.74. The summed E-state index contributed by atoms with van der Waals surface area (Å²) in [5.41, 5.74) is 0.844. The Kier molecular flexibility index (Phi) is 2.90. The molecule has 1 heterocycles. The van der Waals surface area contributed by atoms with Gasteiger partial charge in [-0.3, -0.25) is 0 Å². The van der Waals surface area contributed by atoms with Gasteiger partial charge in [-0.05, 0) is 30.2 Å². The fraction of sp³-hybridized carbons (Fsp3) is 0.333. The molecule has 4 nitrogen and oxygen atoms in total. The monoisotopic (exact) mass is 218 g/mol. The Morgan fingerprint density at radius 1 is 1.25 bits per heavy atom. The highest BCUT2D eigenvalue weighted by Crippen LogP contribution is 2.19. The molecule has 1 aromatic carbocycles. The number of nitrogens with zero attached hydrogens (tertiary/aromatic N) is 2. The van der Waals surface area contributed by atoms with E-state index in [4.69, 9.17) is 9.63 Å². The van der Waals surface area contributed by atoms with Crippen LogP contribution in [0.25, 0.3) is 11.4 Å². The van der Waals surface area contributed by atoms with Crippen LogP contribution < -0.4 is 0 Å². The zero-order chi connectivity index (χ0) is 11.5. The predicted molar refractivity (Wildman–Crippen MR) is 59.9 cm³/mol. The molecular formula is C12H14N2O2. The molecule has 0 spiro atoms. The molecule has 0 unspecified atom stereocenters. The molecule has 0 saturated carbocycles. The molecule has 1 aromatic heterocycles. The molecule has 1 N–H and O–H groups in total. The van der Waals surface area contributed by atoms with Crippen molar-refractivity contribution in [1.82, 2.24) is 10.1 Å². The second-order valence-corrected chi connectivity index (χ2v) is 4.16. The van der Waals surface area contributed by atoms with Crippen LogP contribution in [0.5, 0.6) is 5.75 Å². The summed E-state index contributed by atoms with van der Waals surface area (Å²) in [5.74, 6) is 1.94. The van der Waals surface area contributed by atoms with Crippen LogP contribution in [-0.2, 0) is 6.42 Å². The summed E-state index contributed by atoms with van der Waals surface area (Å²) in [5, 5.41) is 13.1. The quantitative estimate of drug-likeness (QED) is 0.860. The zero-order valence-corrected chi connectivity index (χ0v) is 9.34. The highest BCUT2D eigenvalue weighted by molar-refractivity contribution is 5.55. The third-order valence-corrected chi connectivity index (χ3v) is 2.18. The molecule has 16 heavy (non-hydrogen) atoms. The van der Waals surface area contributed by atoms with Crippen LogP contribution in [0.1, 0.15) is 19.7 Å². The van der Waals surface area contributed by atoms with Gasteiger partial charge in [-0.25, -0.2) is 0 Å². The molecule has 0 aliphatic heterocycles. The van der Waals surface area contributed by atoms with Crippen molar-refractivity contribution in [3.8, 4) is 17.1 Å². The van der Waals surface area contributed by atoms with E-state index < -0.39 is 0 Å². The van der Waals surface area contributed by atoms with E-state index in [1.54, 1.807) is 24.3 Å². The van der Waals surface area contributed by atoms with Crippen molar-refractivity contribution in [1.29, 1.82) is 0 Å². The maximum Gasteiger partial charge on any atom is 0.227 e. The van der Waals surface area contributed by atoms with E-state index >= 15 is 0 Å². The Labute approximate surface area is 93.9 Å². The number of rotatable bonds is 3. The average molecular weight is 218 g/mol. The normalized spacial score (nSPS) is 10.9. The zero-order valence-electron chi connectivity index (χ0n) is 9.34. The van der Waals surface area contributed by atoms with Gasteiger partial charge in [-0.15, -0.1) is 0 Å². The lowest BCUT2D eigenvalue weighted by molar-refractivity contribution is 0.363. The fourth-order valence-electron chi connectivity index (χ4n) is 1.41. The summed E-state index contributed by atoms with van der Waals surface area (Å²) in [4.78, 5) is 4.29. The van der Waals surface area contributed by atoms with Crippen LogP contribution in [0.3, 0.4) is 0 Å². The molecular weight excluding hydrogens is 204 g/mol. The molecule has 4 heteroatoms. The molecule has 84 valence electrons. The molecule has 2 rings (SSSR count). The van der Waals surface area contributed by atoms with E-state index in [1.807, 2.05) is 0 Å². The predicted octanol–water partition coefficient (Wildman–Crippen LogP) is 2.64. The topological polar surface area (TPSA) is 59.2 Å². The summed E-state index contributed by atoms with van der Waals surface area (Å²) in [7, 11) is 0. The minimum atomic E-state index is 0.231. The van der Waals surface area contributed by atoms with E-state index in [-0.39, 0.29) is 5.75 Å². The summed E-state index contributed by atoms with van der Waals surface area (Å²) in [6.45, 7) is 4.20. The number of phenolic OH excluding ortho intramolecular Hbond substituents is 1. The molecule has 0 saturated heterocycles. The van der Waals surface area contributed by atoms with Crippen LogP contribution in [0.2, 0.25) is 0 Å². The standard InChI is InChI=1S/C12H14N2O2/c1-8(2)7-11-13-12(14-16-11)9-3-5-10(15)6-4-9/h3-6,8,15H,7H2,1-2H3. The first-order chi connectivity index (χ1) is 7.65. The number of hydrogen-bond donors (Lipinski definition) is 1. The largest absolute Gasteiger partial charge is 0.508 e. The van der Waals surface area contributed by atoms with Gasteiger partial charge in [0.25, 0.3) is 0 Å². The molecule has 0 fully saturated rings. The molecule has 0 aliphatic carbocycles. The Hall–Kier alpha value is -1.84. The van der Waals surface area contributed by atoms with Crippen LogP contribution in [0, 0.1) is 5.92 Å². The fourth-order valence-corrected chi connectivity index (χ4v) is 1.41. The first-order valence-corrected chi connectivity index (χ1v) is 5.27. The maximum absolute atomic E-state index is 9.16. The van der Waals surface area contributed by atoms with Gasteiger partial charge in [-0.2, -0.15) is 4.98 Å². The highest BCUT2D eigenvalue weighted by Gasteiger charge is 2.09. The van der Waals surface area contributed by atoms with Crippen molar-refractivity contribution < 1.29 is 9.63 Å². The Morgan fingerprint density at radius 3 is 2.56 bits per heavy atom. The lowest BCUT2D eigenvalue weighted by Crippen LogP contribution is -1.93. The van der Waals surface area contributed by atoms with Gasteiger partial charge in [0, 0.05) is 12.0 Å². The van der Waals surface area contributed by atoms with Gasteiger partial charge >= 0.3 is 0 Å². The van der Waals surface area contributed by atoms with Crippen LogP contribution in [0.4, 0.5) is 0 Å². The van der Waals surface area contributed by atoms with Crippen LogP contribution in [0.15, 0.2) is 28.8 Å². The lowest BCUT2D eigenvalue weighted by atomic mass is 10.1. The highest BCUT2D eigenvalue weighted by atomic mass is 16.5. The van der Waals surface area contributed by atoms with E-state index in [2.05, 4.69) is 24.0 Å². The summed E-state index contributed by atoms with van der Waals surface area (Å²) >= 11 is 0. The van der Waals surface area contributed by atoms with Crippen LogP contribution in [-0.4, -0.2) is 15.2 Å². The minimum absolute atomic E-state index is 0.231. The van der Waals surface area contributed by atoms with Gasteiger partial charge in [0.15, 0.2) is 0 Å². The molecule has 0 amide bonds. The summed E-state index contributed by atoms with van der Waals surface area (Å²) in [6.07, 6.45) is 0.783. The van der Waals surface area contributed by atoms with Crippen molar-refractivity contribution >= 4 is 0 Å². The molecule has 2 aromatic rings. The minimum Gasteiger partial charge on any atom is -0.508 e. The molecule has 0 radical (unpaired) electrons. The van der Waals surface area contributed by atoms with Crippen molar-refractivity contribution in [2.24, 2.45) is 5.92 Å². The number of phenols is 1.